The number of hydrogen-bond donors (Lipinski definition) is 1. The molecule has 1 N–H and O–H groups in total. The Morgan fingerprint density at radius 1 is 1.15 bits per heavy atom. The molecule has 0 bridgehead atoms. The fourth-order valence-corrected chi connectivity index (χ4v) is 2.36. The Hall–Kier alpha value is -1.26. The Kier molecular flexibility index (Phi) is 4.55. The molecule has 1 saturated carbocycles. The first kappa shape index (κ1) is 15.1. The number of ether oxygens (including phenoxy) is 1. The summed E-state index contributed by atoms with van der Waals surface area (Å²) in [7, 11) is 0. The number of carbonyl (C=O) groups excluding carboxylic acids is 2. The topological polar surface area (TPSA) is 58.6 Å². The summed E-state index contributed by atoms with van der Waals surface area (Å²) in [6.07, 6.45) is 3.69. The van der Waals surface area contributed by atoms with Gasteiger partial charge in [0.25, 0.3) is 0 Å². The molecule has 5 heteroatoms. The predicted molar refractivity (Wildman–Crippen MR) is 76.3 cm³/mol. The molecule has 20 heavy (non-hydrogen) atoms. The van der Waals surface area contributed by atoms with Crippen molar-refractivity contribution in [2.75, 3.05) is 19.6 Å². The molecule has 0 aromatic carbocycles. The summed E-state index contributed by atoms with van der Waals surface area (Å²) in [5.74, 6) is 0.911. The minimum absolute atomic E-state index is 0.0486. The summed E-state index contributed by atoms with van der Waals surface area (Å²) in [5.41, 5.74) is -0.463. The molecular formula is C15H26N2O3. The number of likely N-dealkylation sites (tertiary alicyclic amines) is 1. The van der Waals surface area contributed by atoms with E-state index in [0.29, 0.717) is 19.0 Å². The highest BCUT2D eigenvalue weighted by Gasteiger charge is 2.30. The summed E-state index contributed by atoms with van der Waals surface area (Å²) in [5, 5.41) is 3.02. The number of nitrogens with one attached hydrogen (secondary N) is 1. The van der Waals surface area contributed by atoms with Gasteiger partial charge >= 0.3 is 6.09 Å². The highest BCUT2D eigenvalue weighted by molar-refractivity contribution is 5.79. The van der Waals surface area contributed by atoms with Crippen LogP contribution in [0.1, 0.15) is 46.5 Å². The zero-order valence-corrected chi connectivity index (χ0v) is 12.8. The Morgan fingerprint density at radius 3 is 2.25 bits per heavy atom. The highest BCUT2D eigenvalue weighted by atomic mass is 16.6. The van der Waals surface area contributed by atoms with Gasteiger partial charge < -0.3 is 15.0 Å². The molecule has 0 atom stereocenters. The van der Waals surface area contributed by atoms with Gasteiger partial charge in [-0.15, -0.1) is 0 Å². The van der Waals surface area contributed by atoms with Crippen LogP contribution >= 0.6 is 0 Å². The zero-order valence-electron chi connectivity index (χ0n) is 12.8. The second-order valence-electron chi connectivity index (χ2n) is 6.93. The molecular weight excluding hydrogens is 256 g/mol. The Balaban J connectivity index is 1.71. The molecule has 0 spiro atoms. The van der Waals surface area contributed by atoms with Crippen LogP contribution in [0.25, 0.3) is 0 Å². The van der Waals surface area contributed by atoms with Gasteiger partial charge in [0.05, 0.1) is 0 Å². The average molecular weight is 282 g/mol. The van der Waals surface area contributed by atoms with Crippen LogP contribution in [0.15, 0.2) is 0 Å². The van der Waals surface area contributed by atoms with E-state index in [1.165, 1.54) is 12.8 Å². The van der Waals surface area contributed by atoms with Crippen LogP contribution in [0, 0.1) is 11.8 Å². The van der Waals surface area contributed by atoms with Crippen LogP contribution in [0.4, 0.5) is 4.79 Å². The van der Waals surface area contributed by atoms with Crippen molar-refractivity contribution in [3.63, 3.8) is 0 Å². The molecule has 0 radical (unpaired) electrons. The fourth-order valence-electron chi connectivity index (χ4n) is 2.36. The molecule has 114 valence electrons. The van der Waals surface area contributed by atoms with Gasteiger partial charge in [0, 0.05) is 25.6 Å². The van der Waals surface area contributed by atoms with Crippen molar-refractivity contribution in [3.05, 3.63) is 0 Å². The van der Waals surface area contributed by atoms with Gasteiger partial charge in [-0.05, 0) is 52.4 Å². The maximum absolute atomic E-state index is 12.0. The van der Waals surface area contributed by atoms with E-state index in [0.717, 1.165) is 19.4 Å². The van der Waals surface area contributed by atoms with Crippen molar-refractivity contribution in [3.8, 4) is 0 Å². The first-order valence-corrected chi connectivity index (χ1v) is 7.61. The normalized spacial score (nSPS) is 20.6. The van der Waals surface area contributed by atoms with E-state index < -0.39 is 5.60 Å². The average Bonchev–Trinajstić information content (AvgIpc) is 3.18. The largest absolute Gasteiger partial charge is 0.444 e. The predicted octanol–water partition coefficient (Wildman–Crippen LogP) is 2.16. The molecule has 0 unspecified atom stereocenters. The van der Waals surface area contributed by atoms with Crippen LogP contribution in [0.5, 0.6) is 0 Å². The quantitative estimate of drug-likeness (QED) is 0.863. The van der Waals surface area contributed by atoms with Gasteiger partial charge in [0.1, 0.15) is 5.60 Å². The molecule has 2 aliphatic rings. The summed E-state index contributed by atoms with van der Waals surface area (Å²) < 4.78 is 5.35. The van der Waals surface area contributed by atoms with Gasteiger partial charge in [-0.3, -0.25) is 4.79 Å². The third-order valence-electron chi connectivity index (χ3n) is 3.78. The summed E-state index contributed by atoms with van der Waals surface area (Å²) >= 11 is 0. The van der Waals surface area contributed by atoms with Crippen LogP contribution in [0.2, 0.25) is 0 Å². The number of amides is 2. The number of nitrogens with zero attached hydrogens (tertiary/aromatic N) is 1. The van der Waals surface area contributed by atoms with Crippen LogP contribution in [0.3, 0.4) is 0 Å². The van der Waals surface area contributed by atoms with Crippen molar-refractivity contribution < 1.29 is 14.3 Å². The first-order chi connectivity index (χ1) is 9.35. The summed E-state index contributed by atoms with van der Waals surface area (Å²) in [4.78, 5) is 25.6. The minimum Gasteiger partial charge on any atom is -0.444 e. The Bertz CT molecular complexity index is 364. The van der Waals surface area contributed by atoms with Crippen molar-refractivity contribution in [1.82, 2.24) is 10.2 Å². The second-order valence-corrected chi connectivity index (χ2v) is 6.93. The smallest absolute Gasteiger partial charge is 0.410 e. The SMILES string of the molecule is CC(C)(C)OC(=O)N1CCC(C(=O)NCC2CC2)CC1. The van der Waals surface area contributed by atoms with Gasteiger partial charge in [0.2, 0.25) is 5.91 Å². The van der Waals surface area contributed by atoms with Crippen molar-refractivity contribution in [1.29, 1.82) is 0 Å². The Morgan fingerprint density at radius 2 is 1.75 bits per heavy atom. The van der Waals surface area contributed by atoms with E-state index in [9.17, 15) is 9.59 Å². The van der Waals surface area contributed by atoms with E-state index in [4.69, 9.17) is 4.74 Å². The number of piperidine rings is 1. The first-order valence-electron chi connectivity index (χ1n) is 7.61. The second kappa shape index (κ2) is 6.02. The highest BCUT2D eigenvalue weighted by Crippen LogP contribution is 2.28. The number of carbonyl (C=O) groups is 2. The summed E-state index contributed by atoms with van der Waals surface area (Å²) in [6, 6.07) is 0. The monoisotopic (exact) mass is 282 g/mol. The van der Waals surface area contributed by atoms with Gasteiger partial charge in [0.15, 0.2) is 0 Å². The molecule has 1 heterocycles. The molecule has 2 amide bonds. The third kappa shape index (κ3) is 4.69. The lowest BCUT2D eigenvalue weighted by molar-refractivity contribution is -0.126. The lowest BCUT2D eigenvalue weighted by atomic mass is 9.96. The van der Waals surface area contributed by atoms with E-state index in [1.807, 2.05) is 20.8 Å². The van der Waals surface area contributed by atoms with Crippen LogP contribution < -0.4 is 5.32 Å². The fraction of sp³-hybridized carbons (Fsp3) is 0.867. The van der Waals surface area contributed by atoms with Gasteiger partial charge in [-0.2, -0.15) is 0 Å². The van der Waals surface area contributed by atoms with Crippen molar-refractivity contribution in [2.45, 2.75) is 52.1 Å². The Labute approximate surface area is 121 Å². The van der Waals surface area contributed by atoms with Gasteiger partial charge in [-0.1, -0.05) is 0 Å². The molecule has 0 aromatic heterocycles. The number of rotatable bonds is 3. The molecule has 1 aliphatic heterocycles. The minimum atomic E-state index is -0.463. The maximum Gasteiger partial charge on any atom is 0.410 e. The lowest BCUT2D eigenvalue weighted by Crippen LogP contribution is -2.45. The lowest BCUT2D eigenvalue weighted by Gasteiger charge is -2.32. The summed E-state index contributed by atoms with van der Waals surface area (Å²) in [6.45, 7) is 7.63. The molecule has 2 fully saturated rings. The third-order valence-corrected chi connectivity index (χ3v) is 3.78. The molecule has 0 aromatic rings. The molecule has 2 rings (SSSR count). The van der Waals surface area contributed by atoms with Crippen LogP contribution in [-0.4, -0.2) is 42.1 Å². The molecule has 5 nitrogen and oxygen atoms in total. The van der Waals surface area contributed by atoms with E-state index in [1.54, 1.807) is 4.90 Å². The number of hydrogen-bond acceptors (Lipinski definition) is 3. The van der Waals surface area contributed by atoms with Crippen LogP contribution in [-0.2, 0) is 9.53 Å². The van der Waals surface area contributed by atoms with Crippen molar-refractivity contribution >= 4 is 12.0 Å². The van der Waals surface area contributed by atoms with E-state index in [2.05, 4.69) is 5.32 Å². The van der Waals surface area contributed by atoms with Crippen molar-refractivity contribution in [2.24, 2.45) is 11.8 Å². The standard InChI is InChI=1S/C15H26N2O3/c1-15(2,3)20-14(19)17-8-6-12(7-9-17)13(18)16-10-11-4-5-11/h11-12H,4-10H2,1-3H3,(H,16,18). The van der Waals surface area contributed by atoms with E-state index >= 15 is 0 Å². The maximum atomic E-state index is 12.0. The zero-order chi connectivity index (χ0) is 14.8. The molecule has 1 saturated heterocycles. The molecule has 1 aliphatic carbocycles. The van der Waals surface area contributed by atoms with Gasteiger partial charge in [-0.25, -0.2) is 4.79 Å². The van der Waals surface area contributed by atoms with E-state index in [-0.39, 0.29) is 17.9 Å².